The zero-order valence-corrected chi connectivity index (χ0v) is 26.8. The van der Waals surface area contributed by atoms with Gasteiger partial charge in [0.25, 0.3) is 0 Å². The average Bonchev–Trinajstić information content (AvgIpc) is 3.62. The smallest absolute Gasteiger partial charge is 0.396 e. The van der Waals surface area contributed by atoms with Crippen LogP contribution < -0.4 is 4.74 Å². The molecule has 3 aromatic carbocycles. The molecule has 0 aromatic heterocycles. The fraction of sp³-hybridized carbons (Fsp3) is 0.424. The molecular weight excluding hydrogens is 632 g/mol. The highest BCUT2D eigenvalue weighted by atomic mass is 32.2. The highest BCUT2D eigenvalue weighted by Gasteiger charge is 2.68. The minimum atomic E-state index is -6.35. The van der Waals surface area contributed by atoms with Crippen LogP contribution in [0.15, 0.2) is 99.6 Å². The fourth-order valence-corrected chi connectivity index (χ4v) is 8.49. The lowest BCUT2D eigenvalue weighted by Crippen LogP contribution is -2.52. The first-order valence-corrected chi connectivity index (χ1v) is 17.1. The second-order valence-corrected chi connectivity index (χ2v) is 15.5. The number of carbonyl (C=O) groups excluding carboxylic acids is 1. The van der Waals surface area contributed by atoms with Crippen molar-refractivity contribution >= 4 is 27.0 Å². The van der Waals surface area contributed by atoms with Gasteiger partial charge in [0.2, 0.25) is 4.90 Å². The van der Waals surface area contributed by atoms with E-state index in [2.05, 4.69) is 30.3 Å². The van der Waals surface area contributed by atoms with E-state index >= 15 is 0 Å². The summed E-state index contributed by atoms with van der Waals surface area (Å²) in [6, 6.07) is 28.6. The molecule has 0 saturated heterocycles. The summed E-state index contributed by atoms with van der Waals surface area (Å²) >= 11 is 0. The Kier molecular flexibility index (Phi) is 10.6. The minimum Gasteiger partial charge on any atom is -0.743 e. The highest BCUT2D eigenvalue weighted by molar-refractivity contribution is 7.97. The summed E-state index contributed by atoms with van der Waals surface area (Å²) in [7, 11) is -6.68. The molecule has 0 N–H and O–H groups in total. The third-order valence-corrected chi connectivity index (χ3v) is 10.9. The van der Waals surface area contributed by atoms with Gasteiger partial charge in [0.05, 0.1) is 0 Å². The van der Waals surface area contributed by atoms with E-state index in [0.717, 1.165) is 4.90 Å². The summed E-state index contributed by atoms with van der Waals surface area (Å²) in [5, 5.41) is -5.52. The SMILES string of the molecule is CC(C)(C)OC(=O)COc1ccccc1[S+](c1ccccc1)c1ccccc1.O=S(=O)([O-])C(F)(F)C(F)(F)C1CC2CCC1C2. The lowest BCUT2D eigenvalue weighted by molar-refractivity contribution is -0.202. The summed E-state index contributed by atoms with van der Waals surface area (Å²) in [6.07, 6.45) is 1.42. The van der Waals surface area contributed by atoms with Crippen molar-refractivity contribution in [2.75, 3.05) is 6.61 Å². The van der Waals surface area contributed by atoms with Gasteiger partial charge in [-0.25, -0.2) is 13.2 Å². The topological polar surface area (TPSA) is 92.7 Å². The van der Waals surface area contributed by atoms with E-state index < -0.39 is 38.7 Å². The molecule has 2 bridgehead atoms. The molecule has 5 rings (SSSR count). The third kappa shape index (κ3) is 8.20. The Bertz CT molecular complexity index is 1510. The standard InChI is InChI=1S/C24H25O3S.C9H12F4O3S/c1-24(2,3)27-23(25)18-26-21-16-10-11-17-22(21)28(19-12-6-4-7-13-19)20-14-8-5-9-15-20;10-8(11,9(12,13)17(14,15)16)7-4-5-1-2-6(7)3-5/h4-17H,18H2,1-3H3;5-7H,1-4H2,(H,14,15,16)/q+1;/p-1. The molecule has 45 heavy (non-hydrogen) atoms. The van der Waals surface area contributed by atoms with Crippen LogP contribution in [0.25, 0.3) is 0 Å². The molecule has 2 aliphatic carbocycles. The number of fused-ring (bicyclic) bond motifs is 2. The zero-order valence-electron chi connectivity index (χ0n) is 25.1. The molecule has 244 valence electrons. The summed E-state index contributed by atoms with van der Waals surface area (Å²) in [4.78, 5) is 15.5. The van der Waals surface area contributed by atoms with Gasteiger partial charge in [-0.3, -0.25) is 0 Å². The van der Waals surface area contributed by atoms with Crippen LogP contribution in [0.4, 0.5) is 17.6 Å². The molecule has 0 aliphatic heterocycles. The van der Waals surface area contributed by atoms with Crippen molar-refractivity contribution in [3.05, 3.63) is 84.9 Å². The molecule has 0 amide bonds. The zero-order chi connectivity index (χ0) is 33.0. The predicted octanol–water partition coefficient (Wildman–Crippen LogP) is 7.70. The van der Waals surface area contributed by atoms with Crippen LogP contribution in [0.1, 0.15) is 46.5 Å². The molecule has 0 radical (unpaired) electrons. The molecular formula is C33H36F4O6S2. The third-order valence-electron chi connectivity index (χ3n) is 7.70. The molecule has 12 heteroatoms. The van der Waals surface area contributed by atoms with Crippen molar-refractivity contribution in [2.45, 2.75) is 77.9 Å². The van der Waals surface area contributed by atoms with Gasteiger partial charge in [0.1, 0.15) is 16.5 Å². The summed E-state index contributed by atoms with van der Waals surface area (Å²) in [6.45, 7) is 5.43. The first-order valence-electron chi connectivity index (χ1n) is 14.5. The monoisotopic (exact) mass is 668 g/mol. The van der Waals surface area contributed by atoms with Crippen LogP contribution in [0.5, 0.6) is 5.75 Å². The van der Waals surface area contributed by atoms with Crippen molar-refractivity contribution in [1.82, 2.24) is 0 Å². The van der Waals surface area contributed by atoms with E-state index in [1.807, 2.05) is 75.4 Å². The molecule has 3 aromatic rings. The average molecular weight is 669 g/mol. The number of hydrogen-bond acceptors (Lipinski definition) is 6. The van der Waals surface area contributed by atoms with Gasteiger partial charge in [-0.1, -0.05) is 55.0 Å². The fourth-order valence-electron chi connectivity index (χ4n) is 5.82. The van der Waals surface area contributed by atoms with Crippen LogP contribution in [0.3, 0.4) is 0 Å². The Morgan fingerprint density at radius 1 is 0.844 bits per heavy atom. The Morgan fingerprint density at radius 2 is 1.38 bits per heavy atom. The number of para-hydroxylation sites is 1. The number of esters is 1. The lowest BCUT2D eigenvalue weighted by atomic mass is 9.84. The van der Waals surface area contributed by atoms with E-state index in [4.69, 9.17) is 9.47 Å². The maximum atomic E-state index is 13.5. The molecule has 3 atom stereocenters. The maximum Gasteiger partial charge on any atom is 0.396 e. The number of ether oxygens (including phenoxy) is 2. The van der Waals surface area contributed by atoms with Gasteiger partial charge in [-0.2, -0.15) is 17.6 Å². The second-order valence-electron chi connectivity index (χ2n) is 12.1. The van der Waals surface area contributed by atoms with Gasteiger partial charge in [-0.05, 0) is 88.3 Å². The Morgan fingerprint density at radius 3 is 1.84 bits per heavy atom. The predicted molar refractivity (Wildman–Crippen MR) is 161 cm³/mol. The van der Waals surface area contributed by atoms with Crippen LogP contribution in [0.2, 0.25) is 0 Å². The number of alkyl halides is 4. The summed E-state index contributed by atoms with van der Waals surface area (Å²) in [5.41, 5.74) is -0.529. The van der Waals surface area contributed by atoms with Crippen molar-refractivity contribution in [3.63, 3.8) is 0 Å². The van der Waals surface area contributed by atoms with Gasteiger partial charge in [-0.15, -0.1) is 0 Å². The molecule has 0 spiro atoms. The van der Waals surface area contributed by atoms with Crippen molar-refractivity contribution in [1.29, 1.82) is 0 Å². The summed E-state index contributed by atoms with van der Waals surface area (Å²) < 4.78 is 95.2. The van der Waals surface area contributed by atoms with E-state index in [0.29, 0.717) is 25.0 Å². The number of carbonyl (C=O) groups is 1. The quantitative estimate of drug-likeness (QED) is 0.100. The van der Waals surface area contributed by atoms with Crippen molar-refractivity contribution in [2.24, 2.45) is 17.8 Å². The van der Waals surface area contributed by atoms with Crippen LogP contribution in [0, 0.1) is 17.8 Å². The first-order chi connectivity index (χ1) is 21.0. The molecule has 0 heterocycles. The Balaban J connectivity index is 0.000000231. The van der Waals surface area contributed by atoms with E-state index in [-0.39, 0.29) is 35.8 Å². The number of benzene rings is 3. The van der Waals surface area contributed by atoms with E-state index in [1.54, 1.807) is 0 Å². The molecule has 3 unspecified atom stereocenters. The van der Waals surface area contributed by atoms with Gasteiger partial charge in [0.15, 0.2) is 32.3 Å². The molecule has 2 saturated carbocycles. The molecule has 2 fully saturated rings. The van der Waals surface area contributed by atoms with Crippen LogP contribution >= 0.6 is 0 Å². The molecule has 2 aliphatic rings. The van der Waals surface area contributed by atoms with Crippen molar-refractivity contribution < 1.29 is 44.8 Å². The van der Waals surface area contributed by atoms with Crippen LogP contribution in [-0.2, 0) is 30.5 Å². The van der Waals surface area contributed by atoms with Gasteiger partial charge >= 0.3 is 17.1 Å². The second kappa shape index (κ2) is 13.7. The Labute approximate surface area is 264 Å². The highest BCUT2D eigenvalue weighted by Crippen LogP contribution is 2.58. The lowest BCUT2D eigenvalue weighted by Gasteiger charge is -2.36. The van der Waals surface area contributed by atoms with E-state index in [1.165, 1.54) is 9.79 Å². The summed E-state index contributed by atoms with van der Waals surface area (Å²) in [5.74, 6) is -6.78. The number of rotatable bonds is 9. The van der Waals surface area contributed by atoms with Crippen molar-refractivity contribution in [3.8, 4) is 5.75 Å². The number of halogens is 4. The normalized spacial score (nSPS) is 20.0. The minimum absolute atomic E-state index is 0.0407. The van der Waals surface area contributed by atoms with Crippen LogP contribution in [-0.4, -0.2) is 42.3 Å². The maximum absolute atomic E-state index is 13.5. The largest absolute Gasteiger partial charge is 0.743 e. The van der Waals surface area contributed by atoms with Gasteiger partial charge in [0, 0.05) is 5.92 Å². The van der Waals surface area contributed by atoms with E-state index in [9.17, 15) is 35.3 Å². The number of hydrogen-bond donors (Lipinski definition) is 0. The Hall–Kier alpha value is -3.09. The first kappa shape index (κ1) is 34.8. The molecule has 6 nitrogen and oxygen atoms in total. The van der Waals surface area contributed by atoms with Gasteiger partial charge < -0.3 is 14.0 Å².